The number of benzene rings is 2. The third kappa shape index (κ3) is 5.12. The molecule has 136 valence electrons. The fourth-order valence-corrected chi connectivity index (χ4v) is 2.56. The van der Waals surface area contributed by atoms with Crippen molar-refractivity contribution in [2.45, 2.75) is 6.54 Å². The van der Waals surface area contributed by atoms with Gasteiger partial charge in [-0.05, 0) is 42.0 Å². The summed E-state index contributed by atoms with van der Waals surface area (Å²) in [6, 6.07) is 19.4. The predicted molar refractivity (Wildman–Crippen MR) is 106 cm³/mol. The summed E-state index contributed by atoms with van der Waals surface area (Å²) in [5.41, 5.74) is 2.83. The van der Waals surface area contributed by atoms with Crippen LogP contribution in [0.2, 0.25) is 0 Å². The highest BCUT2D eigenvalue weighted by Crippen LogP contribution is 2.19. The maximum atomic E-state index is 12.2. The average molecular weight is 372 g/mol. The number of amides is 1. The van der Waals surface area contributed by atoms with E-state index in [1.165, 1.54) is 0 Å². The Morgan fingerprint density at radius 2 is 1.69 bits per heavy atom. The second-order valence-electron chi connectivity index (χ2n) is 5.61. The molecule has 0 spiro atoms. The highest BCUT2D eigenvalue weighted by molar-refractivity contribution is 5.94. The summed E-state index contributed by atoms with van der Waals surface area (Å²) in [6.45, 7) is 0.864. The van der Waals surface area contributed by atoms with Gasteiger partial charge in [0.15, 0.2) is 0 Å². The lowest BCUT2D eigenvalue weighted by Gasteiger charge is -2.12. The molecule has 5 nitrogen and oxygen atoms in total. The zero-order chi connectivity index (χ0) is 17.5. The van der Waals surface area contributed by atoms with Crippen LogP contribution in [0.3, 0.4) is 0 Å². The minimum Gasteiger partial charge on any atom is -0.497 e. The summed E-state index contributed by atoms with van der Waals surface area (Å²) >= 11 is 0. The van der Waals surface area contributed by atoms with Gasteiger partial charge < -0.3 is 19.9 Å². The molecule has 0 aliphatic rings. The lowest BCUT2D eigenvalue weighted by molar-refractivity contribution is -0.115. The lowest BCUT2D eigenvalue weighted by atomic mass is 10.2. The van der Waals surface area contributed by atoms with Gasteiger partial charge in [0.25, 0.3) is 0 Å². The molecule has 3 rings (SSSR count). The van der Waals surface area contributed by atoms with Gasteiger partial charge in [0.1, 0.15) is 5.75 Å². The fourth-order valence-electron chi connectivity index (χ4n) is 2.56. The molecule has 0 aliphatic carbocycles. The highest BCUT2D eigenvalue weighted by atomic mass is 35.5. The Kier molecular flexibility index (Phi) is 7.26. The first-order chi connectivity index (χ1) is 12.3. The van der Waals surface area contributed by atoms with E-state index in [4.69, 9.17) is 4.74 Å². The first-order valence-electron chi connectivity index (χ1n) is 8.12. The third-order valence-corrected chi connectivity index (χ3v) is 3.83. The Bertz CT molecular complexity index is 817. The average Bonchev–Trinajstić information content (AvgIpc) is 3.17. The van der Waals surface area contributed by atoms with Crippen LogP contribution in [0.1, 0.15) is 5.56 Å². The van der Waals surface area contributed by atoms with Crippen LogP contribution in [-0.4, -0.2) is 24.1 Å². The number of nitrogens with zero attached hydrogens (tertiary/aromatic N) is 1. The number of hydrogen-bond acceptors (Lipinski definition) is 3. The smallest absolute Gasteiger partial charge is 0.238 e. The van der Waals surface area contributed by atoms with Crippen molar-refractivity contribution in [2.24, 2.45) is 0 Å². The molecular weight excluding hydrogens is 350 g/mol. The van der Waals surface area contributed by atoms with Gasteiger partial charge in [-0.25, -0.2) is 0 Å². The van der Waals surface area contributed by atoms with Crippen LogP contribution in [-0.2, 0) is 11.3 Å². The molecule has 0 unspecified atom stereocenters. The molecule has 0 aliphatic heterocycles. The van der Waals surface area contributed by atoms with Crippen molar-refractivity contribution in [3.05, 3.63) is 78.6 Å². The Labute approximate surface area is 159 Å². The number of rotatable bonds is 7. The minimum absolute atomic E-state index is 0. The van der Waals surface area contributed by atoms with Gasteiger partial charge >= 0.3 is 0 Å². The molecule has 0 radical (unpaired) electrons. The molecule has 26 heavy (non-hydrogen) atoms. The van der Waals surface area contributed by atoms with Crippen molar-refractivity contribution < 1.29 is 9.53 Å². The van der Waals surface area contributed by atoms with Gasteiger partial charge in [-0.15, -0.1) is 12.4 Å². The number of ether oxygens (including phenoxy) is 1. The SMILES string of the molecule is COc1ccc(CNCC(=O)Nc2ccccc2-n2cccc2)cc1.Cl. The Morgan fingerprint density at radius 3 is 2.38 bits per heavy atom. The first kappa shape index (κ1) is 19.6. The van der Waals surface area contributed by atoms with E-state index >= 15 is 0 Å². The van der Waals surface area contributed by atoms with Crippen LogP contribution in [0.15, 0.2) is 73.1 Å². The monoisotopic (exact) mass is 371 g/mol. The molecular formula is C20H22ClN3O2. The molecule has 0 atom stereocenters. The van der Waals surface area contributed by atoms with Crippen LogP contribution in [0, 0.1) is 0 Å². The van der Waals surface area contributed by atoms with E-state index in [2.05, 4.69) is 10.6 Å². The maximum Gasteiger partial charge on any atom is 0.238 e. The largest absolute Gasteiger partial charge is 0.497 e. The van der Waals surface area contributed by atoms with E-state index < -0.39 is 0 Å². The summed E-state index contributed by atoms with van der Waals surface area (Å²) in [5.74, 6) is 0.747. The predicted octanol–water partition coefficient (Wildman–Crippen LogP) is 3.64. The van der Waals surface area contributed by atoms with E-state index in [0.717, 1.165) is 22.7 Å². The van der Waals surface area contributed by atoms with Crippen LogP contribution in [0.25, 0.3) is 5.69 Å². The van der Waals surface area contributed by atoms with Gasteiger partial charge in [-0.1, -0.05) is 24.3 Å². The van der Waals surface area contributed by atoms with Gasteiger partial charge in [0.2, 0.25) is 5.91 Å². The zero-order valence-corrected chi connectivity index (χ0v) is 15.3. The quantitative estimate of drug-likeness (QED) is 0.666. The summed E-state index contributed by atoms with van der Waals surface area (Å²) in [5, 5.41) is 6.11. The third-order valence-electron chi connectivity index (χ3n) is 3.83. The lowest BCUT2D eigenvalue weighted by Crippen LogP contribution is -2.28. The van der Waals surface area contributed by atoms with Gasteiger partial charge in [0.05, 0.1) is 25.0 Å². The summed E-state index contributed by atoms with van der Waals surface area (Å²) < 4.78 is 7.11. The Hall–Kier alpha value is -2.76. The number of carbonyl (C=O) groups is 1. The van der Waals surface area contributed by atoms with E-state index in [0.29, 0.717) is 6.54 Å². The number of para-hydroxylation sites is 2. The van der Waals surface area contributed by atoms with Crippen LogP contribution < -0.4 is 15.4 Å². The standard InChI is InChI=1S/C20H21N3O2.ClH/c1-25-17-10-8-16(9-11-17)14-21-15-20(24)22-18-6-2-3-7-19(18)23-12-4-5-13-23;/h2-13,21H,14-15H2,1H3,(H,22,24);1H. The molecule has 2 N–H and O–H groups in total. The molecule has 3 aromatic rings. The van der Waals surface area contributed by atoms with E-state index in [1.807, 2.05) is 77.6 Å². The van der Waals surface area contributed by atoms with E-state index in [1.54, 1.807) is 7.11 Å². The number of carbonyl (C=O) groups excluding carboxylic acids is 1. The van der Waals surface area contributed by atoms with Crippen LogP contribution >= 0.6 is 12.4 Å². The number of nitrogens with one attached hydrogen (secondary N) is 2. The normalized spacial score (nSPS) is 10.0. The Morgan fingerprint density at radius 1 is 1.00 bits per heavy atom. The van der Waals surface area contributed by atoms with Crippen molar-refractivity contribution in [1.82, 2.24) is 9.88 Å². The summed E-state index contributed by atoms with van der Waals surface area (Å²) in [6.07, 6.45) is 3.90. The van der Waals surface area contributed by atoms with Crippen molar-refractivity contribution in [3.63, 3.8) is 0 Å². The number of methoxy groups -OCH3 is 1. The number of anilines is 1. The molecule has 2 aromatic carbocycles. The van der Waals surface area contributed by atoms with E-state index in [-0.39, 0.29) is 24.9 Å². The van der Waals surface area contributed by atoms with Crippen molar-refractivity contribution in [1.29, 1.82) is 0 Å². The Balaban J connectivity index is 0.00000243. The summed E-state index contributed by atoms with van der Waals surface area (Å²) in [4.78, 5) is 12.2. The highest BCUT2D eigenvalue weighted by Gasteiger charge is 2.07. The molecule has 1 heterocycles. The van der Waals surface area contributed by atoms with Crippen LogP contribution in [0.5, 0.6) is 5.75 Å². The van der Waals surface area contributed by atoms with Crippen LogP contribution in [0.4, 0.5) is 5.69 Å². The zero-order valence-electron chi connectivity index (χ0n) is 14.5. The maximum absolute atomic E-state index is 12.2. The molecule has 0 fully saturated rings. The van der Waals surface area contributed by atoms with Gasteiger partial charge in [0, 0.05) is 18.9 Å². The van der Waals surface area contributed by atoms with Crippen molar-refractivity contribution in [3.8, 4) is 11.4 Å². The second-order valence-corrected chi connectivity index (χ2v) is 5.61. The fraction of sp³-hybridized carbons (Fsp3) is 0.150. The molecule has 0 saturated heterocycles. The van der Waals surface area contributed by atoms with Crippen molar-refractivity contribution >= 4 is 24.0 Å². The molecule has 1 aromatic heterocycles. The second kappa shape index (κ2) is 9.65. The number of aromatic nitrogens is 1. The topological polar surface area (TPSA) is 55.3 Å². The minimum atomic E-state index is -0.0758. The molecule has 0 saturated carbocycles. The number of hydrogen-bond donors (Lipinski definition) is 2. The van der Waals surface area contributed by atoms with Gasteiger partial charge in [-0.3, -0.25) is 4.79 Å². The van der Waals surface area contributed by atoms with E-state index in [9.17, 15) is 4.79 Å². The first-order valence-corrected chi connectivity index (χ1v) is 8.12. The molecule has 1 amide bonds. The molecule has 6 heteroatoms. The van der Waals surface area contributed by atoms with Gasteiger partial charge in [-0.2, -0.15) is 0 Å². The molecule has 0 bridgehead atoms. The number of halogens is 1. The summed E-state index contributed by atoms with van der Waals surface area (Å²) in [7, 11) is 1.64. The van der Waals surface area contributed by atoms with Crippen molar-refractivity contribution in [2.75, 3.05) is 19.0 Å².